The zero-order valence-corrected chi connectivity index (χ0v) is 13.4. The molecule has 0 saturated heterocycles. The number of carbonyl (C=O) groups excluding carboxylic acids is 2. The van der Waals surface area contributed by atoms with Gasteiger partial charge in [-0.05, 0) is 32.9 Å². The molecule has 0 bridgehead atoms. The summed E-state index contributed by atoms with van der Waals surface area (Å²) in [7, 11) is 0. The molecule has 0 fully saturated rings. The Kier molecular flexibility index (Phi) is 5.00. The van der Waals surface area contributed by atoms with Gasteiger partial charge < -0.3 is 15.7 Å². The zero-order valence-electron chi connectivity index (χ0n) is 13.4. The second kappa shape index (κ2) is 6.95. The molecule has 0 spiro atoms. The highest BCUT2D eigenvalue weighted by Crippen LogP contribution is 2.21. The van der Waals surface area contributed by atoms with E-state index in [1.54, 1.807) is 12.1 Å². The summed E-state index contributed by atoms with van der Waals surface area (Å²) in [5, 5.41) is 18.9. The van der Waals surface area contributed by atoms with Crippen molar-refractivity contribution in [3.8, 4) is 5.75 Å². The van der Waals surface area contributed by atoms with E-state index in [0.29, 0.717) is 0 Å². The van der Waals surface area contributed by atoms with Crippen LogP contribution in [0.1, 0.15) is 23.9 Å². The molecule has 7 heteroatoms. The summed E-state index contributed by atoms with van der Waals surface area (Å²) in [4.78, 5) is 23.8. The van der Waals surface area contributed by atoms with Gasteiger partial charge in [-0.15, -0.1) is 0 Å². The van der Waals surface area contributed by atoms with Gasteiger partial charge in [0.1, 0.15) is 5.75 Å². The largest absolute Gasteiger partial charge is 0.506 e. The lowest BCUT2D eigenvalue weighted by atomic mass is 10.2. The number of para-hydroxylation sites is 2. The molecule has 0 aliphatic heterocycles. The second-order valence-electron chi connectivity index (χ2n) is 5.12. The Morgan fingerprint density at radius 1 is 1.22 bits per heavy atom. The van der Waals surface area contributed by atoms with Crippen LogP contribution >= 0.6 is 0 Å². The molecule has 2 amide bonds. The van der Waals surface area contributed by atoms with Gasteiger partial charge in [0.15, 0.2) is 0 Å². The molecule has 3 N–H and O–H groups in total. The van der Waals surface area contributed by atoms with E-state index in [2.05, 4.69) is 15.7 Å². The highest BCUT2D eigenvalue weighted by molar-refractivity contribution is 6.39. The van der Waals surface area contributed by atoms with Crippen LogP contribution in [-0.4, -0.2) is 26.7 Å². The average Bonchev–Trinajstić information content (AvgIpc) is 2.81. The van der Waals surface area contributed by atoms with Crippen LogP contribution in [0.2, 0.25) is 0 Å². The number of anilines is 1. The fourth-order valence-electron chi connectivity index (χ4n) is 2.31. The number of nitrogens with one attached hydrogen (secondary N) is 2. The number of nitrogens with zero attached hydrogens (tertiary/aromatic N) is 2. The molecule has 0 saturated carbocycles. The van der Waals surface area contributed by atoms with Crippen molar-refractivity contribution >= 4 is 17.5 Å². The molecule has 0 atom stereocenters. The highest BCUT2D eigenvalue weighted by Gasteiger charge is 2.17. The van der Waals surface area contributed by atoms with Gasteiger partial charge in [-0.25, -0.2) is 0 Å². The Labute approximate surface area is 134 Å². The number of aromatic nitrogens is 2. The van der Waals surface area contributed by atoms with Crippen molar-refractivity contribution in [3.05, 3.63) is 41.2 Å². The van der Waals surface area contributed by atoms with Crippen LogP contribution < -0.4 is 10.6 Å². The highest BCUT2D eigenvalue weighted by atomic mass is 16.3. The first-order valence-corrected chi connectivity index (χ1v) is 7.34. The third-order valence-electron chi connectivity index (χ3n) is 3.62. The van der Waals surface area contributed by atoms with E-state index in [1.807, 2.05) is 25.5 Å². The first kappa shape index (κ1) is 16.5. The van der Waals surface area contributed by atoms with Gasteiger partial charge in [0.05, 0.1) is 11.4 Å². The van der Waals surface area contributed by atoms with E-state index in [1.165, 1.54) is 12.1 Å². The van der Waals surface area contributed by atoms with Crippen molar-refractivity contribution in [2.24, 2.45) is 0 Å². The van der Waals surface area contributed by atoms with Gasteiger partial charge in [0.25, 0.3) is 0 Å². The van der Waals surface area contributed by atoms with E-state index < -0.39 is 11.8 Å². The second-order valence-corrected chi connectivity index (χ2v) is 5.12. The first-order valence-electron chi connectivity index (χ1n) is 7.34. The quantitative estimate of drug-likeness (QED) is 0.588. The molecule has 23 heavy (non-hydrogen) atoms. The van der Waals surface area contributed by atoms with E-state index in [0.717, 1.165) is 23.5 Å². The summed E-state index contributed by atoms with van der Waals surface area (Å²) in [6, 6.07) is 6.22. The Hall–Kier alpha value is -2.83. The van der Waals surface area contributed by atoms with Crippen molar-refractivity contribution in [1.29, 1.82) is 0 Å². The van der Waals surface area contributed by atoms with Crippen LogP contribution in [0.25, 0.3) is 0 Å². The standard InChI is InChI=1S/C16H20N4O3/c1-4-20-11(3)12(10(2)19-20)9-17-15(22)16(23)18-13-7-5-6-8-14(13)21/h5-8,21H,4,9H2,1-3H3,(H,17,22)(H,18,23). The number of phenols is 1. The van der Waals surface area contributed by atoms with E-state index in [4.69, 9.17) is 0 Å². The maximum absolute atomic E-state index is 11.9. The summed E-state index contributed by atoms with van der Waals surface area (Å²) in [5.74, 6) is -1.69. The SMILES string of the molecule is CCn1nc(C)c(CNC(=O)C(=O)Nc2ccccc2O)c1C. The van der Waals surface area contributed by atoms with Crippen LogP contribution in [0, 0.1) is 13.8 Å². The molecule has 0 aliphatic rings. The van der Waals surface area contributed by atoms with Crippen molar-refractivity contribution in [3.63, 3.8) is 0 Å². The number of rotatable bonds is 4. The summed E-state index contributed by atoms with van der Waals surface area (Å²) >= 11 is 0. The maximum atomic E-state index is 11.9. The van der Waals surface area contributed by atoms with Crippen LogP contribution in [0.15, 0.2) is 24.3 Å². The lowest BCUT2D eigenvalue weighted by Gasteiger charge is -2.08. The van der Waals surface area contributed by atoms with Gasteiger partial charge in [0, 0.05) is 24.3 Å². The van der Waals surface area contributed by atoms with Crippen molar-refractivity contribution in [1.82, 2.24) is 15.1 Å². The molecule has 0 aliphatic carbocycles. The smallest absolute Gasteiger partial charge is 0.313 e. The number of benzene rings is 1. The molecule has 1 aromatic heterocycles. The van der Waals surface area contributed by atoms with Crippen LogP contribution in [-0.2, 0) is 22.7 Å². The molecule has 2 aromatic rings. The monoisotopic (exact) mass is 316 g/mol. The molecule has 2 rings (SSSR count). The van der Waals surface area contributed by atoms with E-state index >= 15 is 0 Å². The predicted molar refractivity (Wildman–Crippen MR) is 86.0 cm³/mol. The van der Waals surface area contributed by atoms with Gasteiger partial charge in [-0.2, -0.15) is 5.10 Å². The van der Waals surface area contributed by atoms with Crippen molar-refractivity contribution in [2.75, 3.05) is 5.32 Å². The fraction of sp³-hybridized carbons (Fsp3) is 0.312. The van der Waals surface area contributed by atoms with Gasteiger partial charge in [-0.3, -0.25) is 14.3 Å². The third-order valence-corrected chi connectivity index (χ3v) is 3.62. The number of amides is 2. The number of hydrogen-bond donors (Lipinski definition) is 3. The lowest BCUT2D eigenvalue weighted by Crippen LogP contribution is -2.35. The number of carbonyl (C=O) groups is 2. The van der Waals surface area contributed by atoms with Crippen LogP contribution in [0.5, 0.6) is 5.75 Å². The predicted octanol–water partition coefficient (Wildman–Crippen LogP) is 1.48. The Bertz CT molecular complexity index is 737. The van der Waals surface area contributed by atoms with Gasteiger partial charge in [-0.1, -0.05) is 12.1 Å². The molecular weight excluding hydrogens is 296 g/mol. The summed E-state index contributed by atoms with van der Waals surface area (Å²) in [5.41, 5.74) is 2.88. The van der Waals surface area contributed by atoms with Crippen molar-refractivity contribution < 1.29 is 14.7 Å². The molecule has 0 radical (unpaired) electrons. The molecule has 1 aromatic carbocycles. The Balaban J connectivity index is 1.98. The zero-order chi connectivity index (χ0) is 17.0. The molecule has 122 valence electrons. The number of hydrogen-bond acceptors (Lipinski definition) is 4. The molecule has 7 nitrogen and oxygen atoms in total. The van der Waals surface area contributed by atoms with Gasteiger partial charge >= 0.3 is 11.8 Å². The minimum Gasteiger partial charge on any atom is -0.506 e. The molecular formula is C16H20N4O3. The summed E-state index contributed by atoms with van der Waals surface area (Å²) in [6.45, 7) is 6.75. The van der Waals surface area contributed by atoms with Crippen molar-refractivity contribution in [2.45, 2.75) is 33.9 Å². The summed E-state index contributed by atoms with van der Waals surface area (Å²) in [6.07, 6.45) is 0. The first-order chi connectivity index (χ1) is 10.9. The van der Waals surface area contributed by atoms with Crippen LogP contribution in [0.4, 0.5) is 5.69 Å². The number of phenolic OH excluding ortho intramolecular Hbond substituents is 1. The number of aromatic hydroxyl groups is 1. The number of aryl methyl sites for hydroxylation is 2. The molecule has 1 heterocycles. The summed E-state index contributed by atoms with van der Waals surface area (Å²) < 4.78 is 1.85. The Morgan fingerprint density at radius 3 is 2.52 bits per heavy atom. The van der Waals surface area contributed by atoms with Gasteiger partial charge in [0.2, 0.25) is 0 Å². The van der Waals surface area contributed by atoms with E-state index in [-0.39, 0.29) is 18.0 Å². The maximum Gasteiger partial charge on any atom is 0.313 e. The average molecular weight is 316 g/mol. The molecule has 0 unspecified atom stereocenters. The topological polar surface area (TPSA) is 96.2 Å². The van der Waals surface area contributed by atoms with E-state index in [9.17, 15) is 14.7 Å². The fourth-order valence-corrected chi connectivity index (χ4v) is 2.31. The normalized spacial score (nSPS) is 10.4. The van der Waals surface area contributed by atoms with Crippen LogP contribution in [0.3, 0.4) is 0 Å². The third kappa shape index (κ3) is 3.68. The Morgan fingerprint density at radius 2 is 1.91 bits per heavy atom. The minimum atomic E-state index is -0.829. The minimum absolute atomic E-state index is 0.0930. The lowest BCUT2D eigenvalue weighted by molar-refractivity contribution is -0.136.